The quantitative estimate of drug-likeness (QED) is 0.927. The minimum Gasteiger partial charge on any atom is -0.478 e. The number of nitrogens with zero attached hydrogens (tertiary/aromatic N) is 4. The lowest BCUT2D eigenvalue weighted by atomic mass is 10.1. The Balaban J connectivity index is 1.99. The molecule has 1 unspecified atom stereocenters. The van der Waals surface area contributed by atoms with Gasteiger partial charge in [0.1, 0.15) is 17.1 Å². The number of carbonyl (C=O) groups is 1. The van der Waals surface area contributed by atoms with Crippen LogP contribution < -0.4 is 4.90 Å². The molecule has 2 aromatic heterocycles. The number of aromatic nitrogens is 3. The van der Waals surface area contributed by atoms with Gasteiger partial charge in [-0.05, 0) is 31.0 Å². The standard InChI is InChI=1S/C15H13F3N4O2/c16-15(17,18)11-5-7-19-12(21-11)10-4-2-8-22(10)13-9(14(23)24)3-1-6-20-13/h1,3,5-7,10H,2,4,8H2,(H,23,24). The van der Waals surface area contributed by atoms with Gasteiger partial charge in [-0.2, -0.15) is 13.2 Å². The smallest absolute Gasteiger partial charge is 0.433 e. The van der Waals surface area contributed by atoms with Crippen molar-refractivity contribution in [1.82, 2.24) is 15.0 Å². The molecule has 1 saturated heterocycles. The zero-order valence-corrected chi connectivity index (χ0v) is 12.4. The Morgan fingerprint density at radius 1 is 1.25 bits per heavy atom. The fourth-order valence-electron chi connectivity index (χ4n) is 2.77. The van der Waals surface area contributed by atoms with Gasteiger partial charge in [0.15, 0.2) is 5.82 Å². The molecule has 0 amide bonds. The van der Waals surface area contributed by atoms with E-state index in [1.807, 2.05) is 0 Å². The number of carboxylic acid groups (broad SMARTS) is 1. The first-order chi connectivity index (χ1) is 11.4. The highest BCUT2D eigenvalue weighted by Crippen LogP contribution is 2.36. The SMILES string of the molecule is O=C(O)c1cccnc1N1CCCC1c1nccc(C(F)(F)F)n1. The van der Waals surface area contributed by atoms with Gasteiger partial charge in [0.2, 0.25) is 0 Å². The van der Waals surface area contributed by atoms with Gasteiger partial charge in [-0.3, -0.25) is 0 Å². The molecule has 0 spiro atoms. The topological polar surface area (TPSA) is 79.2 Å². The van der Waals surface area contributed by atoms with Gasteiger partial charge in [-0.25, -0.2) is 19.7 Å². The molecule has 0 aromatic carbocycles. The van der Waals surface area contributed by atoms with Gasteiger partial charge in [0, 0.05) is 18.9 Å². The molecule has 0 radical (unpaired) electrons. The summed E-state index contributed by atoms with van der Waals surface area (Å²) in [6.07, 6.45) is -0.836. The summed E-state index contributed by atoms with van der Waals surface area (Å²) in [7, 11) is 0. The minimum absolute atomic E-state index is 0.00336. The molecule has 1 aliphatic rings. The van der Waals surface area contributed by atoms with E-state index in [0.717, 1.165) is 12.3 Å². The third kappa shape index (κ3) is 3.01. The molecule has 1 fully saturated rings. The van der Waals surface area contributed by atoms with Crippen molar-refractivity contribution in [3.63, 3.8) is 0 Å². The first kappa shape index (κ1) is 16.2. The number of pyridine rings is 1. The van der Waals surface area contributed by atoms with Gasteiger partial charge in [0.25, 0.3) is 0 Å². The first-order valence-corrected chi connectivity index (χ1v) is 7.23. The van der Waals surface area contributed by atoms with Gasteiger partial charge in [0.05, 0.1) is 6.04 Å². The Morgan fingerprint density at radius 3 is 2.75 bits per heavy atom. The summed E-state index contributed by atoms with van der Waals surface area (Å²) >= 11 is 0. The van der Waals surface area contributed by atoms with Crippen LogP contribution in [0.1, 0.15) is 40.8 Å². The maximum absolute atomic E-state index is 12.9. The van der Waals surface area contributed by atoms with E-state index < -0.39 is 23.9 Å². The molecule has 1 aliphatic heterocycles. The Kier molecular flexibility index (Phi) is 4.08. The highest BCUT2D eigenvalue weighted by molar-refractivity contribution is 5.93. The maximum atomic E-state index is 12.9. The third-order valence-electron chi connectivity index (χ3n) is 3.80. The molecule has 9 heteroatoms. The zero-order valence-electron chi connectivity index (χ0n) is 12.4. The summed E-state index contributed by atoms with van der Waals surface area (Å²) in [6.45, 7) is 0.474. The number of rotatable bonds is 3. The van der Waals surface area contributed by atoms with Gasteiger partial charge >= 0.3 is 12.1 Å². The van der Waals surface area contributed by atoms with Crippen LogP contribution in [0, 0.1) is 0 Å². The summed E-state index contributed by atoms with van der Waals surface area (Å²) in [6, 6.07) is 3.18. The van der Waals surface area contributed by atoms with Crippen molar-refractivity contribution < 1.29 is 23.1 Å². The zero-order chi connectivity index (χ0) is 17.3. The van der Waals surface area contributed by atoms with Crippen molar-refractivity contribution >= 4 is 11.8 Å². The molecule has 0 saturated carbocycles. The summed E-state index contributed by atoms with van der Waals surface area (Å²) in [5, 5.41) is 9.29. The van der Waals surface area contributed by atoms with Crippen LogP contribution in [-0.4, -0.2) is 32.6 Å². The number of hydrogen-bond donors (Lipinski definition) is 1. The predicted molar refractivity (Wildman–Crippen MR) is 77.6 cm³/mol. The lowest BCUT2D eigenvalue weighted by molar-refractivity contribution is -0.141. The van der Waals surface area contributed by atoms with E-state index in [1.165, 1.54) is 18.3 Å². The lowest BCUT2D eigenvalue weighted by Crippen LogP contribution is -2.27. The van der Waals surface area contributed by atoms with Crippen LogP contribution in [0.2, 0.25) is 0 Å². The largest absolute Gasteiger partial charge is 0.478 e. The van der Waals surface area contributed by atoms with Crippen LogP contribution in [0.5, 0.6) is 0 Å². The average molecular weight is 338 g/mol. The normalized spacial score (nSPS) is 18.0. The molecule has 0 aliphatic carbocycles. The molecular weight excluding hydrogens is 325 g/mol. The molecule has 126 valence electrons. The second-order valence-electron chi connectivity index (χ2n) is 5.33. The summed E-state index contributed by atoms with van der Waals surface area (Å²) in [5.74, 6) is -0.911. The molecule has 0 bridgehead atoms. The van der Waals surface area contributed by atoms with Crippen molar-refractivity contribution in [3.8, 4) is 0 Å². The van der Waals surface area contributed by atoms with Crippen LogP contribution in [0.4, 0.5) is 19.0 Å². The lowest BCUT2D eigenvalue weighted by Gasteiger charge is -2.26. The van der Waals surface area contributed by atoms with Crippen LogP contribution >= 0.6 is 0 Å². The average Bonchev–Trinajstić information content (AvgIpc) is 3.03. The second-order valence-corrected chi connectivity index (χ2v) is 5.33. The van der Waals surface area contributed by atoms with Crippen molar-refractivity contribution in [2.24, 2.45) is 0 Å². The van der Waals surface area contributed by atoms with E-state index in [0.29, 0.717) is 19.4 Å². The van der Waals surface area contributed by atoms with E-state index in [4.69, 9.17) is 0 Å². The molecule has 6 nitrogen and oxygen atoms in total. The number of alkyl halides is 3. The monoisotopic (exact) mass is 338 g/mol. The van der Waals surface area contributed by atoms with Crippen molar-refractivity contribution in [2.75, 3.05) is 11.4 Å². The number of anilines is 1. The number of aromatic carboxylic acids is 1. The van der Waals surface area contributed by atoms with E-state index in [9.17, 15) is 23.1 Å². The second kappa shape index (κ2) is 6.06. The highest BCUT2D eigenvalue weighted by atomic mass is 19.4. The highest BCUT2D eigenvalue weighted by Gasteiger charge is 2.36. The van der Waals surface area contributed by atoms with Crippen LogP contribution in [0.15, 0.2) is 30.6 Å². The van der Waals surface area contributed by atoms with Crippen LogP contribution in [0.25, 0.3) is 0 Å². The van der Waals surface area contributed by atoms with E-state index in [1.54, 1.807) is 4.90 Å². The summed E-state index contributed by atoms with van der Waals surface area (Å²) in [5.41, 5.74) is -1.02. The van der Waals surface area contributed by atoms with Crippen molar-refractivity contribution in [2.45, 2.75) is 25.1 Å². The number of halogens is 3. The van der Waals surface area contributed by atoms with Gasteiger partial charge in [-0.1, -0.05) is 0 Å². The number of carboxylic acids is 1. The van der Waals surface area contributed by atoms with Gasteiger partial charge in [-0.15, -0.1) is 0 Å². The van der Waals surface area contributed by atoms with Crippen LogP contribution in [-0.2, 0) is 6.18 Å². The summed E-state index contributed by atoms with van der Waals surface area (Å²) in [4.78, 5) is 24.7. The Hall–Kier alpha value is -2.71. The molecule has 3 heterocycles. The van der Waals surface area contributed by atoms with E-state index >= 15 is 0 Å². The molecule has 1 N–H and O–H groups in total. The van der Waals surface area contributed by atoms with E-state index in [-0.39, 0.29) is 17.2 Å². The minimum atomic E-state index is -4.56. The van der Waals surface area contributed by atoms with Crippen molar-refractivity contribution in [1.29, 1.82) is 0 Å². The van der Waals surface area contributed by atoms with Gasteiger partial charge < -0.3 is 10.0 Å². The third-order valence-corrected chi connectivity index (χ3v) is 3.80. The maximum Gasteiger partial charge on any atom is 0.433 e. The van der Waals surface area contributed by atoms with Crippen molar-refractivity contribution in [3.05, 3.63) is 47.7 Å². The molecule has 1 atom stereocenters. The molecule has 2 aromatic rings. The van der Waals surface area contributed by atoms with E-state index in [2.05, 4.69) is 15.0 Å². The summed E-state index contributed by atoms with van der Waals surface area (Å²) < 4.78 is 38.6. The fraction of sp³-hybridized carbons (Fsp3) is 0.333. The Labute approximate surface area is 135 Å². The molecular formula is C15H13F3N4O2. The fourth-order valence-corrected chi connectivity index (χ4v) is 2.77. The Morgan fingerprint density at radius 2 is 2.04 bits per heavy atom. The Bertz CT molecular complexity index is 766. The van der Waals surface area contributed by atoms with Crippen LogP contribution in [0.3, 0.4) is 0 Å². The predicted octanol–water partition coefficient (Wildman–Crippen LogP) is 2.93. The number of hydrogen-bond acceptors (Lipinski definition) is 5. The first-order valence-electron chi connectivity index (χ1n) is 7.23. The molecule has 3 rings (SSSR count). The molecule has 24 heavy (non-hydrogen) atoms.